The second-order valence-electron chi connectivity index (χ2n) is 23.4. The highest BCUT2D eigenvalue weighted by molar-refractivity contribution is 14.1. The summed E-state index contributed by atoms with van der Waals surface area (Å²) in [5, 5.41) is 54.7. The fourth-order valence-corrected chi connectivity index (χ4v) is 12.2. The van der Waals surface area contributed by atoms with Crippen LogP contribution in [-0.2, 0) is 18.9 Å². The number of phenols is 2. The number of carboxylic acids is 2. The van der Waals surface area contributed by atoms with E-state index in [1.165, 1.54) is 126 Å². The van der Waals surface area contributed by atoms with Crippen molar-refractivity contribution in [1.82, 2.24) is 0 Å². The number of nitrogen functional groups attached to an aromatic ring is 1. The van der Waals surface area contributed by atoms with Crippen molar-refractivity contribution in [3.05, 3.63) is 202 Å². The zero-order valence-electron chi connectivity index (χ0n) is 67.4. The number of nitro benzene ring substituents is 1. The first kappa shape index (κ1) is 98.4. The number of carboxylic acid groups (broad SMARTS) is 2. The summed E-state index contributed by atoms with van der Waals surface area (Å²) in [6, 6.07) is 36.6. The highest BCUT2D eigenvalue weighted by Crippen LogP contribution is 2.43. The number of phenolic OH excluding ortho intramolecular Hbond substituents is 2. The monoisotopic (exact) mass is 1800 g/mol. The number of methoxy groups -OCH3 is 14. The molecule has 0 spiro atoms. The normalized spacial score (nSPS) is 9.81. The highest BCUT2D eigenvalue weighted by Gasteiger charge is 2.26. The number of para-hydroxylation sites is 3. The van der Waals surface area contributed by atoms with Crippen molar-refractivity contribution < 1.29 is 120 Å². The van der Waals surface area contributed by atoms with E-state index < -0.39 is 52.2 Å². The van der Waals surface area contributed by atoms with Gasteiger partial charge in [-0.2, -0.15) is 0 Å². The Kier molecular flexibility index (Phi) is 40.7. The molecule has 0 aliphatic rings. The number of hydrogen-bond acceptors (Lipinski definition) is 30. The first-order valence-electron chi connectivity index (χ1n) is 33.5. The number of anilines is 8. The number of aromatic carboxylic acids is 2. The molecule has 0 atom stereocenters. The number of nitrogens with two attached hydrogens (primary N) is 1. The Hall–Kier alpha value is -12.8. The molecule has 9 aromatic carbocycles. The number of nitro groups is 1. The smallest absolute Gasteiger partial charge is 0.345 e. The van der Waals surface area contributed by atoms with E-state index in [9.17, 15) is 44.0 Å². The molecule has 0 aliphatic heterocycles. The lowest BCUT2D eigenvalue weighted by Gasteiger charge is -2.21. The van der Waals surface area contributed by atoms with Gasteiger partial charge in [-0.15, -0.1) is 0 Å². The largest absolute Gasteiger partial charge is 0.504 e. The predicted octanol–water partition coefficient (Wildman–Crippen LogP) is 15.6. The Labute approximate surface area is 704 Å². The summed E-state index contributed by atoms with van der Waals surface area (Å²) in [5.74, 6) is -1.06. The van der Waals surface area contributed by atoms with Crippen LogP contribution in [0.4, 0.5) is 51.2 Å². The van der Waals surface area contributed by atoms with Crippen molar-refractivity contribution >= 4 is 144 Å². The Bertz CT molecular complexity index is 4900. The lowest BCUT2D eigenvalue weighted by Crippen LogP contribution is -2.13. The molecule has 0 saturated carbocycles. The number of carbonyl (C=O) groups is 6. The van der Waals surface area contributed by atoms with Crippen LogP contribution in [0.5, 0.6) is 69.0 Å². The van der Waals surface area contributed by atoms with Crippen LogP contribution >= 0.6 is 57.4 Å². The van der Waals surface area contributed by atoms with Crippen LogP contribution in [-0.4, -0.2) is 203 Å². The molecule has 9 aromatic rings. The Morgan fingerprint density at radius 1 is 0.376 bits per heavy atom. The molecule has 0 radical (unpaired) electrons. The number of carbonyl (C=O) groups excluding carboxylic acids is 4. The molecule has 37 heteroatoms. The van der Waals surface area contributed by atoms with Gasteiger partial charge in [-0.25, -0.2) is 28.8 Å². The molecule has 0 unspecified atom stereocenters. The summed E-state index contributed by atoms with van der Waals surface area (Å²) in [4.78, 5) is 83.8. The van der Waals surface area contributed by atoms with Gasteiger partial charge in [0.05, 0.1) is 199 Å². The third-order valence-electron chi connectivity index (χ3n) is 15.6. The third kappa shape index (κ3) is 27.7. The summed E-state index contributed by atoms with van der Waals surface area (Å²) in [7, 11) is 31.3. The van der Waals surface area contributed by atoms with Crippen LogP contribution < -0.4 is 78.4 Å². The summed E-state index contributed by atoms with van der Waals surface area (Å²) in [5.41, 5.74) is 11.4. The lowest BCUT2D eigenvalue weighted by molar-refractivity contribution is -0.385. The summed E-state index contributed by atoms with van der Waals surface area (Å²) in [6.45, 7) is 0. The van der Waals surface area contributed by atoms with Crippen LogP contribution in [0.15, 0.2) is 140 Å². The van der Waals surface area contributed by atoms with Crippen molar-refractivity contribution in [2.75, 3.05) is 173 Å². The van der Waals surface area contributed by atoms with E-state index in [1.54, 1.807) is 54.6 Å². The van der Waals surface area contributed by atoms with Gasteiger partial charge in [0, 0.05) is 88.3 Å². The van der Waals surface area contributed by atoms with Gasteiger partial charge in [0.2, 0.25) is 0 Å². The molecule has 9 rings (SSSR count). The first-order chi connectivity index (χ1) is 55.4. The maximum absolute atomic E-state index is 12.2. The fraction of sp³-hybridized carbons (Fsp3) is 0.250. The van der Waals surface area contributed by atoms with E-state index in [2.05, 4.69) is 47.4 Å². The Morgan fingerprint density at radius 2 is 0.718 bits per heavy atom. The minimum atomic E-state index is -1.14. The number of nitrogens with one attached hydrogen (secondary N) is 2. The van der Waals surface area contributed by atoms with Crippen LogP contribution in [0.2, 0.25) is 15.1 Å². The maximum Gasteiger partial charge on any atom is 0.345 e. The SMILES string of the molecule is CN(C)c1c(Cl)cccc1I.COC(=O)c1cc(OC)c(OC)cc1N.COC(=O)c1cc(OC)c(OC)cc1Nc1cccc(Cl)c1N(C)C.COC(=O)c1cc(OC)c(OC)cc1[N+](=O)[O-].COC(=O)c1ccc(OC)c(OC)c1.COc1cc(Nc2cccc(Cl)c2N(C)C)c(C(=O)O)cc1OC.O=C(O)c1ccc(O)c(O)c1. The van der Waals surface area contributed by atoms with Crippen molar-refractivity contribution in [1.29, 1.82) is 0 Å². The molecule has 0 aromatic heterocycles. The standard InChI is InChI=1S/C18H21ClN2O4.C17H19ClN2O4.C10H11NO6.C10H13NO4.C10H12O4.C8H9ClIN.C7H6O4/c1-21(2)17-12(19)7-6-8-13(17)20-14-10-16(24-4)15(23-3)9-11(14)18(22)25-5;1-20(2)16-11(18)6-5-7-12(16)19-13-9-15(24-4)14(23-3)8-10(13)17(21)22;1-15-8-4-6(10(12)17-3)7(11(13)14)5-9(8)16-2;1-13-8-4-6(10(12)15-3)7(11)5-9(8)14-2;1-12-8-5-4-7(10(11)14-3)6-9(8)13-2;1-11(2)8-6(9)4-3-5-7(8)10;8-5-2-1-4(7(10)11)3-6(5)9/h6-10,20H,1-5H3;5-9,19H,1-4H3,(H,21,22);4-5H,1-3H3;4-5H,11H2,1-3H3;4-6H,1-3H3;3-5H,1-2H3;1-3,8-9H,(H,10,11). The number of aromatic hydroxyl groups is 2. The molecule has 0 bridgehead atoms. The van der Waals surface area contributed by atoms with E-state index in [4.69, 9.17) is 108 Å². The molecule has 0 saturated heterocycles. The van der Waals surface area contributed by atoms with Crippen molar-refractivity contribution in [2.24, 2.45) is 0 Å². The zero-order valence-corrected chi connectivity index (χ0v) is 71.9. The zero-order chi connectivity index (χ0) is 88.2. The van der Waals surface area contributed by atoms with Crippen LogP contribution in [0, 0.1) is 13.7 Å². The minimum absolute atomic E-state index is 0.0553. The number of esters is 4. The molecule has 0 heterocycles. The van der Waals surface area contributed by atoms with Gasteiger partial charge in [-0.3, -0.25) is 10.1 Å². The van der Waals surface area contributed by atoms with Crippen molar-refractivity contribution in [3.63, 3.8) is 0 Å². The van der Waals surface area contributed by atoms with Gasteiger partial charge < -0.3 is 118 Å². The summed E-state index contributed by atoms with van der Waals surface area (Å²) < 4.78 is 70.7. The van der Waals surface area contributed by atoms with E-state index in [-0.39, 0.29) is 39.5 Å². The highest BCUT2D eigenvalue weighted by atomic mass is 127. The van der Waals surface area contributed by atoms with Crippen molar-refractivity contribution in [2.45, 2.75) is 0 Å². The average molecular weight is 1800 g/mol. The molecule has 8 N–H and O–H groups in total. The van der Waals surface area contributed by atoms with Gasteiger partial charge in [0.15, 0.2) is 69.0 Å². The van der Waals surface area contributed by atoms with Crippen molar-refractivity contribution in [3.8, 4) is 69.0 Å². The first-order valence-corrected chi connectivity index (χ1v) is 35.7. The molecular weight excluding hydrogens is 1710 g/mol. The predicted molar refractivity (Wildman–Crippen MR) is 454 cm³/mol. The van der Waals surface area contributed by atoms with Gasteiger partial charge in [0.25, 0.3) is 5.69 Å². The van der Waals surface area contributed by atoms with Crippen LogP contribution in [0.3, 0.4) is 0 Å². The van der Waals surface area contributed by atoms with Crippen LogP contribution in [0.1, 0.15) is 62.1 Å². The third-order valence-corrected chi connectivity index (χ3v) is 17.4. The molecule has 630 valence electrons. The second kappa shape index (κ2) is 48.4. The van der Waals surface area contributed by atoms with Gasteiger partial charge >= 0.3 is 35.8 Å². The molecule has 33 nitrogen and oxygen atoms in total. The van der Waals surface area contributed by atoms with E-state index in [0.29, 0.717) is 89.9 Å². The number of hydrogen-bond donors (Lipinski definition) is 7. The quantitative estimate of drug-likeness (QED) is 0.00562. The number of ether oxygens (including phenoxy) is 14. The Morgan fingerprint density at radius 3 is 1.09 bits per heavy atom. The summed E-state index contributed by atoms with van der Waals surface area (Å²) in [6.07, 6.45) is 0. The fourth-order valence-electron chi connectivity index (χ4n) is 9.98. The van der Waals surface area contributed by atoms with Gasteiger partial charge in [-0.05, 0) is 95.4 Å². The Balaban J connectivity index is 0.000000361. The minimum Gasteiger partial charge on any atom is -0.504 e. The number of rotatable bonds is 24. The number of nitrogens with zero attached hydrogens (tertiary/aromatic N) is 4. The molecule has 0 aliphatic carbocycles. The number of halogens is 4. The molecule has 0 amide bonds. The van der Waals surface area contributed by atoms with Gasteiger partial charge in [0.1, 0.15) is 5.56 Å². The van der Waals surface area contributed by atoms with E-state index in [0.717, 1.165) is 53.1 Å². The molecular formula is C80H91Cl3IN7O26. The van der Waals surface area contributed by atoms with Gasteiger partial charge in [-0.1, -0.05) is 53.0 Å². The molecule has 117 heavy (non-hydrogen) atoms. The second-order valence-corrected chi connectivity index (χ2v) is 25.8. The topological polar surface area (TPSA) is 416 Å². The maximum atomic E-state index is 12.2. The van der Waals surface area contributed by atoms with Crippen LogP contribution in [0.25, 0.3) is 0 Å². The average Bonchev–Trinajstić information content (AvgIpc) is 0.799. The lowest BCUT2D eigenvalue weighted by atomic mass is 10.1. The molecule has 0 fully saturated rings. The number of benzene rings is 9. The van der Waals surface area contributed by atoms with E-state index in [1.807, 2.05) is 93.4 Å². The summed E-state index contributed by atoms with van der Waals surface area (Å²) >= 11 is 20.8. The van der Waals surface area contributed by atoms with E-state index >= 15 is 0 Å².